The van der Waals surface area contributed by atoms with Gasteiger partial charge in [-0.05, 0) is 18.2 Å². The number of nitrogens with zero attached hydrogens (tertiary/aromatic N) is 4. The molecule has 1 fully saturated rings. The van der Waals surface area contributed by atoms with E-state index in [2.05, 4.69) is 25.6 Å². The number of fused-ring (bicyclic) bond motifs is 2. The van der Waals surface area contributed by atoms with Gasteiger partial charge < -0.3 is 20.5 Å². The van der Waals surface area contributed by atoms with E-state index in [1.54, 1.807) is 41.3 Å². The Hall–Kier alpha value is -3.89. The molecule has 6 rings (SSSR count). The first-order chi connectivity index (χ1) is 16.5. The van der Waals surface area contributed by atoms with Gasteiger partial charge in [-0.3, -0.25) is 14.2 Å². The smallest absolute Gasteiger partial charge is 0.254 e. The van der Waals surface area contributed by atoms with Gasteiger partial charge in [-0.1, -0.05) is 6.07 Å². The van der Waals surface area contributed by atoms with E-state index in [0.717, 1.165) is 5.56 Å². The van der Waals surface area contributed by atoms with Gasteiger partial charge in [-0.15, -0.1) is 0 Å². The van der Waals surface area contributed by atoms with Crippen LogP contribution in [0.1, 0.15) is 34.3 Å². The van der Waals surface area contributed by atoms with Crippen LogP contribution in [0.3, 0.4) is 0 Å². The van der Waals surface area contributed by atoms with Gasteiger partial charge in [0.2, 0.25) is 0 Å². The molecule has 1 amide bonds. The molecule has 0 unspecified atom stereocenters. The number of rotatable bonds is 4. The van der Waals surface area contributed by atoms with Crippen LogP contribution in [0.4, 0.5) is 15.9 Å². The quantitative estimate of drug-likeness (QED) is 0.429. The number of aromatic nitrogens is 4. The molecule has 34 heavy (non-hydrogen) atoms. The summed E-state index contributed by atoms with van der Waals surface area (Å²) in [6, 6.07) is 6.54. The number of imidazole rings is 1. The van der Waals surface area contributed by atoms with Gasteiger partial charge >= 0.3 is 0 Å². The molecule has 4 aromatic heterocycles. The number of carbonyl (C=O) groups is 1. The number of ether oxygens (including phenoxy) is 1. The molecule has 0 bridgehead atoms. The van der Waals surface area contributed by atoms with Crippen molar-refractivity contribution in [3.8, 4) is 11.4 Å². The van der Waals surface area contributed by atoms with Crippen LogP contribution in [0, 0.1) is 5.82 Å². The highest BCUT2D eigenvalue weighted by atomic mass is 19.1. The summed E-state index contributed by atoms with van der Waals surface area (Å²) in [6.45, 7) is 1.32. The van der Waals surface area contributed by atoms with E-state index in [1.165, 1.54) is 6.07 Å². The van der Waals surface area contributed by atoms with Crippen LogP contribution in [0.5, 0.6) is 0 Å². The Labute approximate surface area is 193 Å². The molecule has 0 radical (unpaired) electrons. The van der Waals surface area contributed by atoms with Gasteiger partial charge in [0.25, 0.3) is 5.91 Å². The lowest BCUT2D eigenvalue weighted by Gasteiger charge is -2.32. The average Bonchev–Trinajstić information content (AvgIpc) is 3.46. The number of hydrogen-bond acceptors (Lipinski definition) is 7. The van der Waals surface area contributed by atoms with E-state index >= 15 is 0 Å². The predicted octanol–water partition coefficient (Wildman–Crippen LogP) is 2.92. The van der Waals surface area contributed by atoms with Crippen molar-refractivity contribution in [2.45, 2.75) is 25.0 Å². The van der Waals surface area contributed by atoms with Crippen LogP contribution < -0.4 is 10.6 Å². The predicted molar refractivity (Wildman–Crippen MR) is 121 cm³/mol. The van der Waals surface area contributed by atoms with Gasteiger partial charge in [0.05, 0.1) is 40.6 Å². The third kappa shape index (κ3) is 3.30. The molecule has 4 aromatic rings. The van der Waals surface area contributed by atoms with Crippen LogP contribution in [-0.4, -0.2) is 43.6 Å². The fourth-order valence-corrected chi connectivity index (χ4v) is 4.59. The zero-order valence-corrected chi connectivity index (χ0v) is 18.1. The third-order valence-electron chi connectivity index (χ3n) is 6.45. The van der Waals surface area contributed by atoms with Crippen molar-refractivity contribution >= 4 is 23.1 Å². The monoisotopic (exact) mass is 460 g/mol. The summed E-state index contributed by atoms with van der Waals surface area (Å²) in [6.07, 6.45) is 7.52. The van der Waals surface area contributed by atoms with Crippen molar-refractivity contribution in [1.82, 2.24) is 24.7 Å². The van der Waals surface area contributed by atoms with E-state index in [1.807, 2.05) is 6.07 Å². The fraction of sp³-hybridized carbons (Fsp3) is 0.250. The van der Waals surface area contributed by atoms with E-state index in [-0.39, 0.29) is 11.6 Å². The Kier molecular flexibility index (Phi) is 4.78. The molecule has 2 aliphatic heterocycles. The summed E-state index contributed by atoms with van der Waals surface area (Å²) >= 11 is 0. The van der Waals surface area contributed by atoms with Gasteiger partial charge in [-0.25, -0.2) is 14.4 Å². The molecule has 10 heteroatoms. The SMILES string of the molecule is O=C1NCc2c(-c3cnc4c(F)cccn34)ncc(Nc3ccc(C4(O)CCOCC4)cn3)c21. The summed E-state index contributed by atoms with van der Waals surface area (Å²) in [5, 5.41) is 16.9. The molecule has 2 aliphatic rings. The van der Waals surface area contributed by atoms with Gasteiger partial charge in [0, 0.05) is 56.1 Å². The molecule has 6 heterocycles. The second-order valence-corrected chi connectivity index (χ2v) is 8.45. The lowest BCUT2D eigenvalue weighted by Crippen LogP contribution is -2.33. The van der Waals surface area contributed by atoms with Crippen molar-refractivity contribution in [2.24, 2.45) is 0 Å². The second kappa shape index (κ2) is 7.86. The maximum absolute atomic E-state index is 14.1. The molecular weight excluding hydrogens is 439 g/mol. The molecule has 0 spiro atoms. The lowest BCUT2D eigenvalue weighted by molar-refractivity contribution is -0.0680. The number of halogens is 1. The number of anilines is 2. The number of carbonyl (C=O) groups excluding carboxylic acids is 1. The first kappa shape index (κ1) is 20.7. The Bertz CT molecular complexity index is 1410. The Morgan fingerprint density at radius 1 is 1.12 bits per heavy atom. The lowest BCUT2D eigenvalue weighted by atomic mass is 9.87. The number of nitrogens with one attached hydrogen (secondary N) is 2. The Balaban J connectivity index is 1.34. The van der Waals surface area contributed by atoms with Crippen LogP contribution >= 0.6 is 0 Å². The zero-order valence-electron chi connectivity index (χ0n) is 18.1. The Morgan fingerprint density at radius 3 is 2.76 bits per heavy atom. The van der Waals surface area contributed by atoms with Crippen LogP contribution in [0.2, 0.25) is 0 Å². The minimum Gasteiger partial charge on any atom is -0.385 e. The largest absolute Gasteiger partial charge is 0.385 e. The number of amides is 1. The summed E-state index contributed by atoms with van der Waals surface area (Å²) in [5.74, 6) is -0.139. The highest BCUT2D eigenvalue weighted by Crippen LogP contribution is 2.35. The van der Waals surface area contributed by atoms with Crippen molar-refractivity contribution in [3.63, 3.8) is 0 Å². The molecule has 0 aliphatic carbocycles. The number of aliphatic hydroxyl groups is 1. The average molecular weight is 460 g/mol. The molecular formula is C24H21FN6O3. The number of hydrogen-bond donors (Lipinski definition) is 3. The molecule has 3 N–H and O–H groups in total. The zero-order chi connectivity index (χ0) is 23.3. The summed E-state index contributed by atoms with van der Waals surface area (Å²) in [5.41, 5.74) is 2.82. The summed E-state index contributed by atoms with van der Waals surface area (Å²) in [7, 11) is 0. The highest BCUT2D eigenvalue weighted by Gasteiger charge is 2.32. The maximum atomic E-state index is 14.1. The van der Waals surface area contributed by atoms with E-state index in [0.29, 0.717) is 66.6 Å². The first-order valence-corrected chi connectivity index (χ1v) is 11.0. The topological polar surface area (TPSA) is 114 Å². The molecule has 0 atom stereocenters. The van der Waals surface area contributed by atoms with Crippen LogP contribution in [0.15, 0.2) is 49.1 Å². The van der Waals surface area contributed by atoms with Gasteiger partial charge in [0.1, 0.15) is 5.82 Å². The minimum atomic E-state index is -0.943. The standard InChI is InChI=1S/C24H21FN6O3/c25-16-2-1-7-31-18(13-28-22(16)31)21-15-11-29-23(32)20(15)17(12-27-21)30-19-4-3-14(10-26-19)24(33)5-8-34-9-6-24/h1-4,7,10,12-13,33H,5-6,8-9,11H2,(H,26,30)(H,29,32). The van der Waals surface area contributed by atoms with Gasteiger partial charge in [0.15, 0.2) is 11.5 Å². The third-order valence-corrected chi connectivity index (χ3v) is 6.45. The fourth-order valence-electron chi connectivity index (χ4n) is 4.59. The second-order valence-electron chi connectivity index (χ2n) is 8.45. The summed E-state index contributed by atoms with van der Waals surface area (Å²) in [4.78, 5) is 25.9. The number of pyridine rings is 3. The van der Waals surface area contributed by atoms with Crippen LogP contribution in [0.25, 0.3) is 17.0 Å². The van der Waals surface area contributed by atoms with Crippen molar-refractivity contribution in [2.75, 3.05) is 18.5 Å². The normalized spacial score (nSPS) is 16.9. The van der Waals surface area contributed by atoms with E-state index in [4.69, 9.17) is 4.74 Å². The minimum absolute atomic E-state index is 0.197. The van der Waals surface area contributed by atoms with Gasteiger partial charge in [-0.2, -0.15) is 0 Å². The Morgan fingerprint density at radius 2 is 1.97 bits per heavy atom. The van der Waals surface area contributed by atoms with Crippen molar-refractivity contribution in [1.29, 1.82) is 0 Å². The summed E-state index contributed by atoms with van der Waals surface area (Å²) < 4.78 is 21.1. The molecule has 0 aromatic carbocycles. The first-order valence-electron chi connectivity index (χ1n) is 11.0. The van der Waals surface area contributed by atoms with Crippen molar-refractivity contribution < 1.29 is 19.0 Å². The van der Waals surface area contributed by atoms with Crippen molar-refractivity contribution in [3.05, 3.63) is 71.6 Å². The molecule has 9 nitrogen and oxygen atoms in total. The molecule has 0 saturated carbocycles. The van der Waals surface area contributed by atoms with E-state index in [9.17, 15) is 14.3 Å². The van der Waals surface area contributed by atoms with E-state index < -0.39 is 11.4 Å². The molecule has 1 saturated heterocycles. The molecule has 172 valence electrons. The van der Waals surface area contributed by atoms with Crippen LogP contribution in [-0.2, 0) is 16.9 Å². The highest BCUT2D eigenvalue weighted by molar-refractivity contribution is 6.05. The maximum Gasteiger partial charge on any atom is 0.254 e.